The third-order valence-electron chi connectivity index (χ3n) is 3.52. The van der Waals surface area contributed by atoms with Crippen LogP contribution in [0.1, 0.15) is 20.3 Å². The van der Waals surface area contributed by atoms with Crippen LogP contribution in [-0.2, 0) is 14.6 Å². The Morgan fingerprint density at radius 3 is 2.39 bits per heavy atom. The maximum atomic E-state index is 11.9. The molecule has 1 aliphatic rings. The Kier molecular flexibility index (Phi) is 5.16. The molecule has 0 aliphatic carbocycles. The first-order chi connectivity index (χ1) is 8.23. The molecule has 106 valence electrons. The number of hydrogen-bond acceptors (Lipinski definition) is 4. The van der Waals surface area contributed by atoms with E-state index in [1.54, 1.807) is 0 Å². The molecule has 5 nitrogen and oxygen atoms in total. The molecule has 0 aromatic rings. The minimum Gasteiger partial charge on any atom is -0.354 e. The monoisotopic (exact) mass is 276 g/mol. The average molecular weight is 276 g/mol. The molecule has 0 aromatic heterocycles. The van der Waals surface area contributed by atoms with Crippen LogP contribution in [-0.4, -0.2) is 57.4 Å². The van der Waals surface area contributed by atoms with Crippen LogP contribution in [0, 0.1) is 11.8 Å². The molecule has 1 fully saturated rings. The summed E-state index contributed by atoms with van der Waals surface area (Å²) in [7, 11) is 0.983. The number of carbonyl (C=O) groups is 1. The minimum absolute atomic E-state index is 0.00709. The van der Waals surface area contributed by atoms with Crippen LogP contribution in [0.25, 0.3) is 0 Å². The highest BCUT2D eigenvalue weighted by molar-refractivity contribution is 7.91. The number of nitrogens with zero attached hydrogens (tertiary/aromatic N) is 1. The molecule has 6 heteroatoms. The number of carbonyl (C=O) groups excluding carboxylic acids is 1. The number of hydrogen-bond donors (Lipinski definition) is 1. The summed E-state index contributed by atoms with van der Waals surface area (Å²) in [6.07, 6.45) is 0.461. The van der Waals surface area contributed by atoms with Gasteiger partial charge in [-0.25, -0.2) is 8.42 Å². The van der Waals surface area contributed by atoms with Crippen molar-refractivity contribution in [3.05, 3.63) is 0 Å². The fraction of sp³-hybridized carbons (Fsp3) is 0.917. The SMILES string of the molecule is CC(C)C(CNC(=O)C1CCS(=O)(=O)C1)N(C)C. The summed E-state index contributed by atoms with van der Waals surface area (Å²) in [6.45, 7) is 4.79. The zero-order valence-corrected chi connectivity index (χ0v) is 12.5. The molecule has 18 heavy (non-hydrogen) atoms. The molecular weight excluding hydrogens is 252 g/mol. The standard InChI is InChI=1S/C12H24N2O3S/c1-9(2)11(14(3)4)7-13-12(15)10-5-6-18(16,17)8-10/h9-11H,5-8H2,1-4H3,(H,13,15). The quantitative estimate of drug-likeness (QED) is 0.775. The van der Waals surface area contributed by atoms with E-state index in [-0.39, 0.29) is 29.4 Å². The fourth-order valence-electron chi connectivity index (χ4n) is 2.37. The first-order valence-corrected chi connectivity index (χ1v) is 8.19. The highest BCUT2D eigenvalue weighted by Crippen LogP contribution is 2.18. The topological polar surface area (TPSA) is 66.5 Å². The van der Waals surface area contributed by atoms with Crippen LogP contribution in [0.5, 0.6) is 0 Å². The summed E-state index contributed by atoms with van der Waals surface area (Å²) in [4.78, 5) is 14.0. The highest BCUT2D eigenvalue weighted by atomic mass is 32.2. The smallest absolute Gasteiger partial charge is 0.224 e. The highest BCUT2D eigenvalue weighted by Gasteiger charge is 2.33. The van der Waals surface area contributed by atoms with Gasteiger partial charge in [0.1, 0.15) is 0 Å². The second-order valence-corrected chi connectivity index (χ2v) is 7.85. The minimum atomic E-state index is -2.98. The van der Waals surface area contributed by atoms with E-state index in [1.807, 2.05) is 14.1 Å². The van der Waals surface area contributed by atoms with Crippen LogP contribution in [0.2, 0.25) is 0 Å². The van der Waals surface area contributed by atoms with E-state index in [9.17, 15) is 13.2 Å². The van der Waals surface area contributed by atoms with Gasteiger partial charge in [0.2, 0.25) is 5.91 Å². The van der Waals surface area contributed by atoms with Crippen LogP contribution >= 0.6 is 0 Å². The normalized spacial score (nSPS) is 24.4. The first-order valence-electron chi connectivity index (χ1n) is 6.37. The molecule has 2 unspecified atom stereocenters. The van der Waals surface area contributed by atoms with Gasteiger partial charge in [0.15, 0.2) is 9.84 Å². The first kappa shape index (κ1) is 15.4. The number of amides is 1. The van der Waals surface area contributed by atoms with Crippen LogP contribution in [0.4, 0.5) is 0 Å². The Balaban J connectivity index is 2.46. The van der Waals surface area contributed by atoms with Gasteiger partial charge >= 0.3 is 0 Å². The molecule has 1 heterocycles. The van der Waals surface area contributed by atoms with Crippen LogP contribution in [0.15, 0.2) is 0 Å². The van der Waals surface area contributed by atoms with Gasteiger partial charge in [-0.15, -0.1) is 0 Å². The number of sulfone groups is 1. The lowest BCUT2D eigenvalue weighted by atomic mass is 10.0. The summed E-state index contributed by atoms with van der Waals surface area (Å²) >= 11 is 0. The third kappa shape index (κ3) is 4.24. The summed E-state index contributed by atoms with van der Waals surface area (Å²) in [6, 6.07) is 0.270. The molecule has 0 aromatic carbocycles. The Hall–Kier alpha value is -0.620. The van der Waals surface area contributed by atoms with E-state index in [0.717, 1.165) is 0 Å². The van der Waals surface area contributed by atoms with Crippen molar-refractivity contribution in [1.82, 2.24) is 10.2 Å². The van der Waals surface area contributed by atoms with E-state index < -0.39 is 9.84 Å². The van der Waals surface area contributed by atoms with Crippen molar-refractivity contribution in [2.75, 3.05) is 32.1 Å². The molecular formula is C12H24N2O3S. The zero-order chi connectivity index (χ0) is 13.9. The van der Waals surface area contributed by atoms with Gasteiger partial charge in [0.05, 0.1) is 17.4 Å². The molecule has 0 saturated carbocycles. The summed E-state index contributed by atoms with van der Waals surface area (Å²) in [5.74, 6) is 0.112. The molecule has 0 radical (unpaired) electrons. The van der Waals surface area contributed by atoms with Gasteiger partial charge in [-0.2, -0.15) is 0 Å². The van der Waals surface area contributed by atoms with Crippen molar-refractivity contribution in [1.29, 1.82) is 0 Å². The molecule has 0 bridgehead atoms. The molecule has 1 amide bonds. The summed E-state index contributed by atoms with van der Waals surface area (Å²) in [5.41, 5.74) is 0. The van der Waals surface area contributed by atoms with Crippen molar-refractivity contribution < 1.29 is 13.2 Å². The Labute approximate surface area is 110 Å². The van der Waals surface area contributed by atoms with E-state index in [2.05, 4.69) is 24.1 Å². The number of likely N-dealkylation sites (N-methyl/N-ethyl adjacent to an activating group) is 1. The Morgan fingerprint density at radius 2 is 2.00 bits per heavy atom. The molecule has 2 atom stereocenters. The summed E-state index contributed by atoms with van der Waals surface area (Å²) < 4.78 is 22.6. The Morgan fingerprint density at radius 1 is 1.39 bits per heavy atom. The van der Waals surface area contributed by atoms with Crippen molar-refractivity contribution in [2.24, 2.45) is 11.8 Å². The van der Waals surface area contributed by atoms with E-state index >= 15 is 0 Å². The summed E-state index contributed by atoms with van der Waals surface area (Å²) in [5, 5.41) is 2.88. The van der Waals surface area contributed by atoms with Crippen molar-refractivity contribution in [2.45, 2.75) is 26.3 Å². The molecule has 1 N–H and O–H groups in total. The van der Waals surface area contributed by atoms with Gasteiger partial charge in [-0.1, -0.05) is 13.8 Å². The Bertz CT molecular complexity index is 382. The van der Waals surface area contributed by atoms with Gasteiger partial charge < -0.3 is 10.2 Å². The van der Waals surface area contributed by atoms with Crippen LogP contribution < -0.4 is 5.32 Å². The van der Waals surface area contributed by atoms with Crippen molar-refractivity contribution in [3.63, 3.8) is 0 Å². The van der Waals surface area contributed by atoms with E-state index in [1.165, 1.54) is 0 Å². The maximum Gasteiger partial charge on any atom is 0.224 e. The zero-order valence-electron chi connectivity index (χ0n) is 11.6. The average Bonchev–Trinajstić information content (AvgIpc) is 2.57. The number of nitrogens with one attached hydrogen (secondary N) is 1. The largest absolute Gasteiger partial charge is 0.354 e. The van der Waals surface area contributed by atoms with Gasteiger partial charge in [0, 0.05) is 12.6 Å². The van der Waals surface area contributed by atoms with Crippen LogP contribution in [0.3, 0.4) is 0 Å². The lowest BCUT2D eigenvalue weighted by Gasteiger charge is -2.28. The predicted molar refractivity (Wildman–Crippen MR) is 72.1 cm³/mol. The van der Waals surface area contributed by atoms with E-state index in [0.29, 0.717) is 18.9 Å². The lowest BCUT2D eigenvalue weighted by molar-refractivity contribution is -0.124. The van der Waals surface area contributed by atoms with Gasteiger partial charge in [-0.05, 0) is 26.4 Å². The molecule has 1 saturated heterocycles. The second-order valence-electron chi connectivity index (χ2n) is 5.62. The van der Waals surface area contributed by atoms with Gasteiger partial charge in [-0.3, -0.25) is 4.79 Å². The molecule has 1 rings (SSSR count). The fourth-order valence-corrected chi connectivity index (χ4v) is 4.11. The third-order valence-corrected chi connectivity index (χ3v) is 5.29. The second kappa shape index (κ2) is 6.02. The van der Waals surface area contributed by atoms with Gasteiger partial charge in [0.25, 0.3) is 0 Å². The van der Waals surface area contributed by atoms with E-state index in [4.69, 9.17) is 0 Å². The van der Waals surface area contributed by atoms with Crippen molar-refractivity contribution in [3.8, 4) is 0 Å². The lowest BCUT2D eigenvalue weighted by Crippen LogP contribution is -2.45. The molecule has 1 aliphatic heterocycles. The predicted octanol–water partition coefficient (Wildman–Crippen LogP) is 0.124. The maximum absolute atomic E-state index is 11.9. The number of rotatable bonds is 5. The van der Waals surface area contributed by atoms with Crippen molar-refractivity contribution >= 4 is 15.7 Å². The molecule has 0 spiro atoms.